The number of carbonyl (C=O) groups is 1. The Labute approximate surface area is 110 Å². The van der Waals surface area contributed by atoms with E-state index < -0.39 is 5.91 Å². The molecule has 0 spiro atoms. The van der Waals surface area contributed by atoms with E-state index in [4.69, 9.17) is 5.73 Å². The van der Waals surface area contributed by atoms with Crippen LogP contribution in [0.5, 0.6) is 0 Å². The molecule has 0 aromatic heterocycles. The highest BCUT2D eigenvalue weighted by Gasteiger charge is 2.04. The molecule has 0 heterocycles. The van der Waals surface area contributed by atoms with Gasteiger partial charge in [-0.15, -0.1) is 0 Å². The minimum absolute atomic E-state index is 0.418. The molecule has 4 N–H and O–H groups in total. The van der Waals surface area contributed by atoms with Crippen molar-refractivity contribution in [2.24, 2.45) is 5.73 Å². The predicted molar refractivity (Wildman–Crippen MR) is 74.3 cm³/mol. The Hall–Kier alpha value is -1.07. The molecule has 0 fully saturated rings. The Morgan fingerprint density at radius 3 is 2.65 bits per heavy atom. The zero-order valence-electron chi connectivity index (χ0n) is 10.1. The van der Waals surface area contributed by atoms with E-state index >= 15 is 0 Å². The molecule has 1 amide bonds. The van der Waals surface area contributed by atoms with Gasteiger partial charge in [-0.1, -0.05) is 13.8 Å². The normalized spacial score (nSPS) is 10.6. The van der Waals surface area contributed by atoms with Gasteiger partial charge in [-0.2, -0.15) is 0 Å². The van der Waals surface area contributed by atoms with Gasteiger partial charge in [-0.3, -0.25) is 4.79 Å². The Morgan fingerprint density at radius 2 is 2.12 bits per heavy atom. The van der Waals surface area contributed by atoms with Gasteiger partial charge in [0.1, 0.15) is 0 Å². The SMILES string of the molecule is CC(C)NCCNc1ccc(C(N)=O)cc1Br. The maximum absolute atomic E-state index is 11.0. The summed E-state index contributed by atoms with van der Waals surface area (Å²) in [7, 11) is 0. The standard InChI is InChI=1S/C12H18BrN3O/c1-8(2)15-5-6-16-11-4-3-9(12(14)17)7-10(11)13/h3-4,7-8,15-16H,5-6H2,1-2H3,(H2,14,17). The zero-order valence-corrected chi connectivity index (χ0v) is 11.7. The number of nitrogens with one attached hydrogen (secondary N) is 2. The lowest BCUT2D eigenvalue weighted by molar-refractivity contribution is 0.100. The summed E-state index contributed by atoms with van der Waals surface area (Å²) in [5.74, 6) is -0.418. The molecule has 1 aromatic carbocycles. The monoisotopic (exact) mass is 299 g/mol. The Balaban J connectivity index is 2.52. The second kappa shape index (κ2) is 6.61. The van der Waals surface area contributed by atoms with E-state index in [9.17, 15) is 4.79 Å². The first kappa shape index (κ1) is 14.0. The van der Waals surface area contributed by atoms with Crippen LogP contribution in [0.25, 0.3) is 0 Å². The zero-order chi connectivity index (χ0) is 12.8. The van der Waals surface area contributed by atoms with Gasteiger partial charge in [0.15, 0.2) is 0 Å². The Bertz CT molecular complexity index is 393. The van der Waals surface area contributed by atoms with E-state index in [2.05, 4.69) is 40.4 Å². The van der Waals surface area contributed by atoms with Crippen molar-refractivity contribution in [1.29, 1.82) is 0 Å². The van der Waals surface area contributed by atoms with Crippen molar-refractivity contribution in [2.75, 3.05) is 18.4 Å². The second-order valence-corrected chi connectivity index (χ2v) is 4.95. The van der Waals surface area contributed by atoms with Crippen molar-refractivity contribution >= 4 is 27.5 Å². The van der Waals surface area contributed by atoms with Crippen molar-refractivity contribution in [1.82, 2.24) is 5.32 Å². The first-order valence-corrected chi connectivity index (χ1v) is 6.36. The number of anilines is 1. The molecule has 4 nitrogen and oxygen atoms in total. The predicted octanol–water partition coefficient (Wildman–Crippen LogP) is 1.96. The van der Waals surface area contributed by atoms with Crippen LogP contribution < -0.4 is 16.4 Å². The minimum Gasteiger partial charge on any atom is -0.383 e. The fraction of sp³-hybridized carbons (Fsp3) is 0.417. The summed E-state index contributed by atoms with van der Waals surface area (Å²) in [6.45, 7) is 5.93. The lowest BCUT2D eigenvalue weighted by Gasteiger charge is -2.11. The highest BCUT2D eigenvalue weighted by atomic mass is 79.9. The van der Waals surface area contributed by atoms with Crippen molar-refractivity contribution in [3.8, 4) is 0 Å². The third kappa shape index (κ3) is 4.75. The number of halogens is 1. The third-order valence-corrected chi connectivity index (χ3v) is 2.90. The molecule has 1 aromatic rings. The van der Waals surface area contributed by atoms with Crippen LogP contribution in [-0.2, 0) is 0 Å². The number of hydrogen-bond acceptors (Lipinski definition) is 3. The van der Waals surface area contributed by atoms with Crippen molar-refractivity contribution in [2.45, 2.75) is 19.9 Å². The summed E-state index contributed by atoms with van der Waals surface area (Å²) in [5, 5.41) is 6.59. The summed E-state index contributed by atoms with van der Waals surface area (Å²) in [6.07, 6.45) is 0. The molecule has 0 aliphatic carbocycles. The van der Waals surface area contributed by atoms with Crippen molar-refractivity contribution < 1.29 is 4.79 Å². The first-order chi connectivity index (χ1) is 8.00. The van der Waals surface area contributed by atoms with Gasteiger partial charge in [0, 0.05) is 34.9 Å². The molecular weight excluding hydrogens is 282 g/mol. The largest absolute Gasteiger partial charge is 0.383 e. The third-order valence-electron chi connectivity index (χ3n) is 2.25. The molecule has 5 heteroatoms. The van der Waals surface area contributed by atoms with Gasteiger partial charge in [0.25, 0.3) is 0 Å². The van der Waals surface area contributed by atoms with Crippen LogP contribution in [0.2, 0.25) is 0 Å². The second-order valence-electron chi connectivity index (χ2n) is 4.09. The van der Waals surface area contributed by atoms with Gasteiger partial charge in [0.2, 0.25) is 5.91 Å². The minimum atomic E-state index is -0.418. The van der Waals surface area contributed by atoms with Gasteiger partial charge in [0.05, 0.1) is 0 Å². The van der Waals surface area contributed by atoms with E-state index in [0.29, 0.717) is 11.6 Å². The summed E-state index contributed by atoms with van der Waals surface area (Å²) < 4.78 is 0.846. The van der Waals surface area contributed by atoms with Crippen LogP contribution in [0, 0.1) is 0 Å². The number of benzene rings is 1. The average molecular weight is 300 g/mol. The molecule has 0 unspecified atom stereocenters. The molecule has 0 saturated carbocycles. The molecule has 0 bridgehead atoms. The molecule has 0 aliphatic heterocycles. The van der Waals surface area contributed by atoms with E-state index in [1.165, 1.54) is 0 Å². The van der Waals surface area contributed by atoms with Crippen LogP contribution in [-0.4, -0.2) is 25.0 Å². The van der Waals surface area contributed by atoms with Crippen LogP contribution in [0.1, 0.15) is 24.2 Å². The molecule has 0 saturated heterocycles. The molecule has 0 radical (unpaired) electrons. The maximum atomic E-state index is 11.0. The van der Waals surface area contributed by atoms with Crippen LogP contribution in [0.3, 0.4) is 0 Å². The quantitative estimate of drug-likeness (QED) is 0.704. The molecule has 17 heavy (non-hydrogen) atoms. The lowest BCUT2D eigenvalue weighted by Crippen LogP contribution is -2.28. The van der Waals surface area contributed by atoms with Crippen LogP contribution in [0.15, 0.2) is 22.7 Å². The molecule has 94 valence electrons. The summed E-state index contributed by atoms with van der Waals surface area (Å²) in [6, 6.07) is 5.77. The van der Waals surface area contributed by atoms with E-state index in [-0.39, 0.29) is 0 Å². The van der Waals surface area contributed by atoms with Crippen molar-refractivity contribution in [3.63, 3.8) is 0 Å². The molecule has 0 atom stereocenters. The van der Waals surface area contributed by atoms with Crippen LogP contribution in [0.4, 0.5) is 5.69 Å². The summed E-state index contributed by atoms with van der Waals surface area (Å²) in [5.41, 5.74) is 6.66. The number of hydrogen-bond donors (Lipinski definition) is 3. The van der Waals surface area contributed by atoms with E-state index in [0.717, 1.165) is 23.2 Å². The smallest absolute Gasteiger partial charge is 0.248 e. The fourth-order valence-electron chi connectivity index (χ4n) is 1.37. The summed E-state index contributed by atoms with van der Waals surface area (Å²) >= 11 is 3.41. The van der Waals surface area contributed by atoms with Gasteiger partial charge >= 0.3 is 0 Å². The van der Waals surface area contributed by atoms with Crippen LogP contribution >= 0.6 is 15.9 Å². The maximum Gasteiger partial charge on any atom is 0.248 e. The highest BCUT2D eigenvalue weighted by molar-refractivity contribution is 9.10. The average Bonchev–Trinajstić information content (AvgIpc) is 2.25. The molecule has 1 rings (SSSR count). The fourth-order valence-corrected chi connectivity index (χ4v) is 1.89. The lowest BCUT2D eigenvalue weighted by atomic mass is 10.2. The topological polar surface area (TPSA) is 67.2 Å². The number of rotatable bonds is 6. The highest BCUT2D eigenvalue weighted by Crippen LogP contribution is 2.23. The molecule has 0 aliphatic rings. The van der Waals surface area contributed by atoms with Gasteiger partial charge < -0.3 is 16.4 Å². The first-order valence-electron chi connectivity index (χ1n) is 5.57. The number of nitrogens with two attached hydrogens (primary N) is 1. The van der Waals surface area contributed by atoms with Gasteiger partial charge in [-0.05, 0) is 34.1 Å². The van der Waals surface area contributed by atoms with E-state index in [1.807, 2.05) is 6.07 Å². The van der Waals surface area contributed by atoms with Crippen molar-refractivity contribution in [3.05, 3.63) is 28.2 Å². The number of primary amides is 1. The molecular formula is C12H18BrN3O. The summed E-state index contributed by atoms with van der Waals surface area (Å²) in [4.78, 5) is 11.0. The van der Waals surface area contributed by atoms with Gasteiger partial charge in [-0.25, -0.2) is 0 Å². The van der Waals surface area contributed by atoms with E-state index in [1.54, 1.807) is 12.1 Å². The number of carbonyl (C=O) groups excluding carboxylic acids is 1. The Morgan fingerprint density at radius 1 is 1.41 bits per heavy atom. The number of amides is 1. The Kier molecular flexibility index (Phi) is 5.44.